The lowest BCUT2D eigenvalue weighted by molar-refractivity contribution is 0.482. The summed E-state index contributed by atoms with van der Waals surface area (Å²) in [7, 11) is 0. The molecule has 0 bridgehead atoms. The van der Waals surface area contributed by atoms with Gasteiger partial charge in [-0.1, -0.05) is 0 Å². The summed E-state index contributed by atoms with van der Waals surface area (Å²) < 4.78 is 3.17. The second-order valence-corrected chi connectivity index (χ2v) is 5.25. The summed E-state index contributed by atoms with van der Waals surface area (Å²) in [5, 5.41) is 11.5. The van der Waals surface area contributed by atoms with Gasteiger partial charge in [0.15, 0.2) is 0 Å². The van der Waals surface area contributed by atoms with Gasteiger partial charge in [-0.15, -0.1) is 0 Å². The zero-order chi connectivity index (χ0) is 14.7. The fraction of sp³-hybridized carbons (Fsp3) is 0.538. The van der Waals surface area contributed by atoms with E-state index in [1.165, 1.54) is 11.0 Å². The largest absolute Gasteiger partial charge is 0.381 e. The Kier molecular flexibility index (Phi) is 4.16. The minimum atomic E-state index is -0.158. The molecular weight excluding hydrogens is 256 g/mol. The minimum absolute atomic E-state index is 0.158. The van der Waals surface area contributed by atoms with Gasteiger partial charge in [-0.05, 0) is 27.7 Å². The SMILES string of the molecule is CC(C)Nc1cnn(Cc2ncnn2C(C)C)c(=O)c1. The molecule has 20 heavy (non-hydrogen) atoms. The van der Waals surface area contributed by atoms with Crippen LogP contribution in [0.5, 0.6) is 0 Å². The van der Waals surface area contributed by atoms with Crippen LogP contribution >= 0.6 is 0 Å². The summed E-state index contributed by atoms with van der Waals surface area (Å²) in [5.41, 5.74) is 0.570. The van der Waals surface area contributed by atoms with E-state index in [1.807, 2.05) is 27.7 Å². The number of hydrogen-bond acceptors (Lipinski definition) is 5. The van der Waals surface area contributed by atoms with Crippen molar-refractivity contribution in [1.82, 2.24) is 24.5 Å². The fourth-order valence-electron chi connectivity index (χ4n) is 1.92. The maximum absolute atomic E-state index is 12.0. The fourth-order valence-corrected chi connectivity index (χ4v) is 1.92. The van der Waals surface area contributed by atoms with E-state index in [0.29, 0.717) is 6.54 Å². The van der Waals surface area contributed by atoms with Gasteiger partial charge in [-0.2, -0.15) is 10.2 Å². The van der Waals surface area contributed by atoms with Crippen LogP contribution in [0.15, 0.2) is 23.4 Å². The first-order valence-electron chi connectivity index (χ1n) is 6.69. The molecule has 0 saturated carbocycles. The Morgan fingerprint density at radius 1 is 1.25 bits per heavy atom. The van der Waals surface area contributed by atoms with E-state index in [9.17, 15) is 4.79 Å². The Bertz CT molecular complexity index is 628. The third-order valence-corrected chi connectivity index (χ3v) is 2.75. The standard InChI is InChI=1S/C13H20N6O/c1-9(2)17-11-5-13(20)18(15-6-11)7-12-14-8-16-19(12)10(3)4/h5-6,8-10,17H,7H2,1-4H3. The molecule has 0 aliphatic carbocycles. The second-order valence-electron chi connectivity index (χ2n) is 5.25. The van der Waals surface area contributed by atoms with Gasteiger partial charge in [0.1, 0.15) is 18.7 Å². The van der Waals surface area contributed by atoms with E-state index < -0.39 is 0 Å². The van der Waals surface area contributed by atoms with Crippen molar-refractivity contribution in [1.29, 1.82) is 0 Å². The molecule has 108 valence electrons. The molecular formula is C13H20N6O. The lowest BCUT2D eigenvalue weighted by Crippen LogP contribution is -2.25. The first-order valence-corrected chi connectivity index (χ1v) is 6.69. The Morgan fingerprint density at radius 3 is 2.60 bits per heavy atom. The maximum Gasteiger partial charge on any atom is 0.269 e. The Balaban J connectivity index is 2.22. The van der Waals surface area contributed by atoms with Crippen LogP contribution in [0.1, 0.15) is 39.6 Å². The molecule has 0 saturated heterocycles. The summed E-state index contributed by atoms with van der Waals surface area (Å²) in [4.78, 5) is 16.2. The van der Waals surface area contributed by atoms with Gasteiger partial charge in [0.2, 0.25) is 0 Å². The highest BCUT2D eigenvalue weighted by Crippen LogP contribution is 2.06. The lowest BCUT2D eigenvalue weighted by Gasteiger charge is -2.12. The Labute approximate surface area is 117 Å². The molecule has 7 heteroatoms. The number of aromatic nitrogens is 5. The van der Waals surface area contributed by atoms with E-state index in [-0.39, 0.29) is 17.6 Å². The van der Waals surface area contributed by atoms with E-state index in [4.69, 9.17) is 0 Å². The van der Waals surface area contributed by atoms with Gasteiger partial charge in [0, 0.05) is 18.2 Å². The molecule has 2 rings (SSSR count). The predicted molar refractivity (Wildman–Crippen MR) is 76.8 cm³/mol. The smallest absolute Gasteiger partial charge is 0.269 e. The minimum Gasteiger partial charge on any atom is -0.381 e. The molecule has 0 radical (unpaired) electrons. The average molecular weight is 276 g/mol. The van der Waals surface area contributed by atoms with Gasteiger partial charge in [-0.25, -0.2) is 14.3 Å². The van der Waals surface area contributed by atoms with Crippen molar-refractivity contribution in [3.63, 3.8) is 0 Å². The summed E-state index contributed by atoms with van der Waals surface area (Å²) in [6.45, 7) is 8.38. The summed E-state index contributed by atoms with van der Waals surface area (Å²) >= 11 is 0. The highest BCUT2D eigenvalue weighted by Gasteiger charge is 2.10. The molecule has 0 spiro atoms. The molecule has 0 aliphatic heterocycles. The van der Waals surface area contributed by atoms with Crippen LogP contribution < -0.4 is 10.9 Å². The number of rotatable bonds is 5. The predicted octanol–water partition coefficient (Wildman–Crippen LogP) is 1.28. The van der Waals surface area contributed by atoms with Gasteiger partial charge >= 0.3 is 0 Å². The number of nitrogens with one attached hydrogen (secondary N) is 1. The van der Waals surface area contributed by atoms with Gasteiger partial charge in [-0.3, -0.25) is 4.79 Å². The van der Waals surface area contributed by atoms with E-state index >= 15 is 0 Å². The van der Waals surface area contributed by atoms with Crippen molar-refractivity contribution < 1.29 is 0 Å². The normalized spacial score (nSPS) is 11.3. The maximum atomic E-state index is 12.0. The average Bonchev–Trinajstić information content (AvgIpc) is 2.80. The molecule has 1 N–H and O–H groups in total. The molecule has 2 heterocycles. The quantitative estimate of drug-likeness (QED) is 0.890. The van der Waals surface area contributed by atoms with E-state index in [2.05, 4.69) is 20.5 Å². The van der Waals surface area contributed by atoms with Gasteiger partial charge in [0.05, 0.1) is 11.9 Å². The van der Waals surface area contributed by atoms with Crippen LogP contribution in [-0.2, 0) is 6.54 Å². The van der Waals surface area contributed by atoms with Gasteiger partial charge < -0.3 is 5.32 Å². The van der Waals surface area contributed by atoms with Crippen LogP contribution in [-0.4, -0.2) is 30.6 Å². The topological polar surface area (TPSA) is 77.6 Å². The molecule has 0 aromatic carbocycles. The van der Waals surface area contributed by atoms with Crippen LogP contribution in [0.3, 0.4) is 0 Å². The molecule has 0 fully saturated rings. The van der Waals surface area contributed by atoms with Crippen LogP contribution in [0, 0.1) is 0 Å². The van der Waals surface area contributed by atoms with E-state index in [0.717, 1.165) is 11.5 Å². The van der Waals surface area contributed by atoms with E-state index in [1.54, 1.807) is 16.9 Å². The monoisotopic (exact) mass is 276 g/mol. The van der Waals surface area contributed by atoms with Crippen molar-refractivity contribution in [2.75, 3.05) is 5.32 Å². The highest BCUT2D eigenvalue weighted by atomic mass is 16.1. The van der Waals surface area contributed by atoms with Gasteiger partial charge in [0.25, 0.3) is 5.56 Å². The Morgan fingerprint density at radius 2 is 2.00 bits per heavy atom. The third kappa shape index (κ3) is 3.23. The molecule has 2 aromatic rings. The van der Waals surface area contributed by atoms with Crippen LogP contribution in [0.4, 0.5) is 5.69 Å². The lowest BCUT2D eigenvalue weighted by atomic mass is 10.3. The molecule has 2 aromatic heterocycles. The highest BCUT2D eigenvalue weighted by molar-refractivity contribution is 5.39. The number of anilines is 1. The molecule has 0 unspecified atom stereocenters. The molecule has 0 atom stereocenters. The van der Waals surface area contributed by atoms with Crippen molar-refractivity contribution in [2.24, 2.45) is 0 Å². The van der Waals surface area contributed by atoms with Crippen LogP contribution in [0.25, 0.3) is 0 Å². The summed E-state index contributed by atoms with van der Waals surface area (Å²) in [6, 6.07) is 2.00. The summed E-state index contributed by atoms with van der Waals surface area (Å²) in [5.74, 6) is 0.721. The zero-order valence-electron chi connectivity index (χ0n) is 12.2. The first kappa shape index (κ1) is 14.2. The first-order chi connectivity index (χ1) is 9.47. The molecule has 7 nitrogen and oxygen atoms in total. The summed E-state index contributed by atoms with van der Waals surface area (Å²) in [6.07, 6.45) is 3.15. The third-order valence-electron chi connectivity index (χ3n) is 2.75. The number of nitrogens with zero attached hydrogens (tertiary/aromatic N) is 5. The number of hydrogen-bond donors (Lipinski definition) is 1. The second kappa shape index (κ2) is 5.85. The molecule has 0 amide bonds. The van der Waals surface area contributed by atoms with Crippen molar-refractivity contribution in [3.05, 3.63) is 34.8 Å². The van der Waals surface area contributed by atoms with Crippen LogP contribution in [0.2, 0.25) is 0 Å². The zero-order valence-corrected chi connectivity index (χ0v) is 12.2. The van der Waals surface area contributed by atoms with Crippen molar-refractivity contribution in [2.45, 2.75) is 46.3 Å². The van der Waals surface area contributed by atoms with Crippen molar-refractivity contribution in [3.8, 4) is 0 Å². The molecule has 0 aliphatic rings. The van der Waals surface area contributed by atoms with Crippen molar-refractivity contribution >= 4 is 5.69 Å². The Hall–Kier alpha value is -2.18.